The van der Waals surface area contributed by atoms with Crippen LogP contribution in [0.15, 0.2) is 78.2 Å². The minimum absolute atomic E-state index is 0.681. The van der Waals surface area contributed by atoms with Crippen LogP contribution in [0.3, 0.4) is 0 Å². The summed E-state index contributed by atoms with van der Waals surface area (Å²) in [6, 6.07) is 24.1. The highest BCUT2D eigenvalue weighted by atomic mass is 32.1. The Balaban J connectivity index is 1.23. The maximum atomic E-state index is 5.60. The Morgan fingerprint density at radius 3 is 2.34 bits per heavy atom. The molecule has 6 rings (SSSR count). The van der Waals surface area contributed by atoms with Crippen molar-refractivity contribution in [1.29, 1.82) is 0 Å². The Morgan fingerprint density at radius 2 is 1.55 bits per heavy atom. The number of rotatable bonds is 7. The summed E-state index contributed by atoms with van der Waals surface area (Å²) < 4.78 is 10.9. The standard InChI is InChI=1S/C29H28N6O2S/c1-36-21-12-13-24(26(18-21)37-2)30-27-22-10-6-7-11-23(22)31-28(33-27)34-14-16-35(17-15-34)29-32-25(19-38-29)20-8-4-3-5-9-20/h3-13,18-19H,14-17H2,1-2H3,(H,30,31,33). The SMILES string of the molecule is COc1ccc(Nc2nc(N3CCN(c4nc(-c5ccccc5)cs4)CC3)nc3ccccc23)c(OC)c1. The van der Waals surface area contributed by atoms with E-state index in [0.29, 0.717) is 11.7 Å². The predicted molar refractivity (Wildman–Crippen MR) is 154 cm³/mol. The zero-order chi connectivity index (χ0) is 25.9. The fraction of sp³-hybridized carbons (Fsp3) is 0.207. The molecule has 9 heteroatoms. The number of ether oxygens (including phenoxy) is 2. The van der Waals surface area contributed by atoms with E-state index in [9.17, 15) is 0 Å². The largest absolute Gasteiger partial charge is 0.497 e. The molecule has 1 N–H and O–H groups in total. The number of para-hydroxylation sites is 1. The first-order chi connectivity index (χ1) is 18.7. The molecule has 0 saturated carbocycles. The Bertz CT molecular complexity index is 1550. The summed E-state index contributed by atoms with van der Waals surface area (Å²) in [6.07, 6.45) is 0. The molecule has 2 aromatic heterocycles. The first-order valence-electron chi connectivity index (χ1n) is 12.5. The molecule has 0 amide bonds. The second-order valence-corrected chi connectivity index (χ2v) is 9.77. The van der Waals surface area contributed by atoms with Crippen LogP contribution in [0.5, 0.6) is 11.5 Å². The average molecular weight is 525 g/mol. The normalized spacial score (nSPS) is 13.5. The molecule has 5 aromatic rings. The molecule has 1 fully saturated rings. The molecular weight excluding hydrogens is 496 g/mol. The van der Waals surface area contributed by atoms with E-state index in [1.807, 2.05) is 60.7 Å². The van der Waals surface area contributed by atoms with Gasteiger partial charge in [0.05, 0.1) is 31.1 Å². The van der Waals surface area contributed by atoms with Crippen LogP contribution in [0, 0.1) is 0 Å². The second-order valence-electron chi connectivity index (χ2n) is 8.94. The van der Waals surface area contributed by atoms with Crippen LogP contribution in [-0.2, 0) is 0 Å². The monoisotopic (exact) mass is 524 g/mol. The van der Waals surface area contributed by atoms with Gasteiger partial charge in [-0.25, -0.2) is 9.97 Å². The molecule has 0 unspecified atom stereocenters. The number of benzene rings is 3. The molecule has 1 aliphatic heterocycles. The fourth-order valence-corrected chi connectivity index (χ4v) is 5.47. The molecule has 38 heavy (non-hydrogen) atoms. The van der Waals surface area contributed by atoms with Crippen molar-refractivity contribution in [3.8, 4) is 22.8 Å². The van der Waals surface area contributed by atoms with Gasteiger partial charge in [0.2, 0.25) is 5.95 Å². The van der Waals surface area contributed by atoms with Crippen molar-refractivity contribution in [1.82, 2.24) is 15.0 Å². The smallest absolute Gasteiger partial charge is 0.228 e. The van der Waals surface area contributed by atoms with Gasteiger partial charge in [0.25, 0.3) is 0 Å². The minimum Gasteiger partial charge on any atom is -0.497 e. The van der Waals surface area contributed by atoms with Crippen LogP contribution in [0.2, 0.25) is 0 Å². The molecule has 1 aliphatic rings. The number of anilines is 4. The molecule has 0 spiro atoms. The van der Waals surface area contributed by atoms with Gasteiger partial charge in [0.15, 0.2) is 5.13 Å². The number of nitrogens with one attached hydrogen (secondary N) is 1. The summed E-state index contributed by atoms with van der Waals surface area (Å²) in [6.45, 7) is 3.33. The number of hydrogen-bond acceptors (Lipinski definition) is 9. The molecule has 3 aromatic carbocycles. The van der Waals surface area contributed by atoms with Gasteiger partial charge in [-0.3, -0.25) is 0 Å². The van der Waals surface area contributed by atoms with E-state index >= 15 is 0 Å². The quantitative estimate of drug-likeness (QED) is 0.285. The summed E-state index contributed by atoms with van der Waals surface area (Å²) in [5, 5.41) is 7.61. The first-order valence-corrected chi connectivity index (χ1v) is 13.4. The third-order valence-electron chi connectivity index (χ3n) is 6.65. The van der Waals surface area contributed by atoms with Crippen LogP contribution >= 0.6 is 11.3 Å². The van der Waals surface area contributed by atoms with Crippen molar-refractivity contribution in [3.05, 3.63) is 78.2 Å². The van der Waals surface area contributed by atoms with Gasteiger partial charge in [-0.2, -0.15) is 4.98 Å². The van der Waals surface area contributed by atoms with Gasteiger partial charge < -0.3 is 24.6 Å². The number of piperazine rings is 1. The zero-order valence-electron chi connectivity index (χ0n) is 21.3. The van der Waals surface area contributed by atoms with Crippen molar-refractivity contribution in [3.63, 3.8) is 0 Å². The molecule has 0 bridgehead atoms. The Morgan fingerprint density at radius 1 is 0.789 bits per heavy atom. The minimum atomic E-state index is 0.681. The number of aromatic nitrogens is 3. The lowest BCUT2D eigenvalue weighted by atomic mass is 10.2. The number of fused-ring (bicyclic) bond motifs is 1. The van der Waals surface area contributed by atoms with Crippen molar-refractivity contribution in [2.45, 2.75) is 0 Å². The zero-order valence-corrected chi connectivity index (χ0v) is 22.1. The molecule has 0 atom stereocenters. The third-order valence-corrected chi connectivity index (χ3v) is 7.55. The Hall–Kier alpha value is -4.37. The van der Waals surface area contributed by atoms with Crippen LogP contribution in [0.1, 0.15) is 0 Å². The molecule has 3 heterocycles. The summed E-state index contributed by atoms with van der Waals surface area (Å²) in [5.41, 5.74) is 3.87. The van der Waals surface area contributed by atoms with E-state index in [1.165, 1.54) is 0 Å². The van der Waals surface area contributed by atoms with E-state index < -0.39 is 0 Å². The fourth-order valence-electron chi connectivity index (χ4n) is 4.58. The first kappa shape index (κ1) is 24.0. The van der Waals surface area contributed by atoms with Gasteiger partial charge >= 0.3 is 0 Å². The van der Waals surface area contributed by atoms with Crippen molar-refractivity contribution >= 4 is 44.8 Å². The van der Waals surface area contributed by atoms with Crippen LogP contribution < -0.4 is 24.6 Å². The second kappa shape index (κ2) is 10.5. The van der Waals surface area contributed by atoms with E-state index in [2.05, 4.69) is 32.6 Å². The highest BCUT2D eigenvalue weighted by Crippen LogP contribution is 2.34. The maximum absolute atomic E-state index is 5.60. The highest BCUT2D eigenvalue weighted by Gasteiger charge is 2.23. The molecule has 1 saturated heterocycles. The van der Waals surface area contributed by atoms with Gasteiger partial charge in [-0.1, -0.05) is 42.5 Å². The predicted octanol–water partition coefficient (Wildman–Crippen LogP) is 5.84. The lowest BCUT2D eigenvalue weighted by Gasteiger charge is -2.34. The van der Waals surface area contributed by atoms with Gasteiger partial charge in [0, 0.05) is 48.6 Å². The van der Waals surface area contributed by atoms with Gasteiger partial charge in [-0.05, 0) is 24.3 Å². The topological polar surface area (TPSA) is 75.6 Å². The molecule has 0 aliphatic carbocycles. The number of thiazole rings is 1. The molecule has 0 radical (unpaired) electrons. The molecule has 192 valence electrons. The van der Waals surface area contributed by atoms with Crippen LogP contribution in [0.4, 0.5) is 22.6 Å². The summed E-state index contributed by atoms with van der Waals surface area (Å²) in [4.78, 5) is 19.4. The van der Waals surface area contributed by atoms with Gasteiger partial charge in [0.1, 0.15) is 17.3 Å². The average Bonchev–Trinajstić information content (AvgIpc) is 3.48. The van der Waals surface area contributed by atoms with Gasteiger partial charge in [-0.15, -0.1) is 11.3 Å². The van der Waals surface area contributed by atoms with Crippen LogP contribution in [0.25, 0.3) is 22.2 Å². The van der Waals surface area contributed by atoms with E-state index in [0.717, 1.165) is 70.7 Å². The van der Waals surface area contributed by atoms with Crippen molar-refractivity contribution in [2.24, 2.45) is 0 Å². The molecular formula is C29H28N6O2S. The van der Waals surface area contributed by atoms with Crippen molar-refractivity contribution < 1.29 is 9.47 Å². The summed E-state index contributed by atoms with van der Waals surface area (Å²) in [7, 11) is 3.29. The van der Waals surface area contributed by atoms with Crippen molar-refractivity contribution in [2.75, 3.05) is 55.5 Å². The number of methoxy groups -OCH3 is 2. The summed E-state index contributed by atoms with van der Waals surface area (Å²) in [5.74, 6) is 2.86. The Kier molecular flexibility index (Phi) is 6.66. The number of hydrogen-bond donors (Lipinski definition) is 1. The summed E-state index contributed by atoms with van der Waals surface area (Å²) >= 11 is 1.69. The lowest BCUT2D eigenvalue weighted by Crippen LogP contribution is -2.47. The van der Waals surface area contributed by atoms with E-state index in [4.69, 9.17) is 24.4 Å². The number of nitrogens with zero attached hydrogens (tertiary/aromatic N) is 5. The van der Waals surface area contributed by atoms with Crippen LogP contribution in [-0.4, -0.2) is 55.4 Å². The van der Waals surface area contributed by atoms with E-state index in [1.54, 1.807) is 25.6 Å². The highest BCUT2D eigenvalue weighted by molar-refractivity contribution is 7.14. The molecule has 8 nitrogen and oxygen atoms in total. The van der Waals surface area contributed by atoms with E-state index in [-0.39, 0.29) is 0 Å². The Labute approximate surface area is 225 Å². The maximum Gasteiger partial charge on any atom is 0.228 e. The third kappa shape index (κ3) is 4.80. The lowest BCUT2D eigenvalue weighted by molar-refractivity contribution is 0.395.